The SMILES string of the molecule is O=C(/C=C/c1cccs1)Nc1cccc(-c2nnco2)c1. The molecule has 0 aliphatic rings. The summed E-state index contributed by atoms with van der Waals surface area (Å²) in [5.74, 6) is 0.228. The zero-order valence-corrected chi connectivity index (χ0v) is 11.7. The van der Waals surface area contributed by atoms with E-state index in [1.807, 2.05) is 29.6 Å². The number of benzene rings is 1. The summed E-state index contributed by atoms with van der Waals surface area (Å²) in [6, 6.07) is 11.1. The minimum atomic E-state index is -0.189. The van der Waals surface area contributed by atoms with Crippen molar-refractivity contribution in [2.24, 2.45) is 0 Å². The fourth-order valence-corrected chi connectivity index (χ4v) is 2.37. The van der Waals surface area contributed by atoms with E-state index < -0.39 is 0 Å². The normalized spacial score (nSPS) is 10.9. The molecule has 6 heteroatoms. The van der Waals surface area contributed by atoms with Gasteiger partial charge in [0.15, 0.2) is 0 Å². The molecule has 5 nitrogen and oxygen atoms in total. The number of hydrogen-bond acceptors (Lipinski definition) is 5. The second-order valence-corrected chi connectivity index (χ2v) is 5.14. The number of anilines is 1. The van der Waals surface area contributed by atoms with E-state index in [0.717, 1.165) is 10.4 Å². The van der Waals surface area contributed by atoms with Crippen molar-refractivity contribution in [1.29, 1.82) is 0 Å². The van der Waals surface area contributed by atoms with Gasteiger partial charge in [-0.15, -0.1) is 21.5 Å². The zero-order chi connectivity index (χ0) is 14.5. The van der Waals surface area contributed by atoms with E-state index >= 15 is 0 Å². The average Bonchev–Trinajstić information content (AvgIpc) is 3.19. The van der Waals surface area contributed by atoms with Gasteiger partial charge in [-0.1, -0.05) is 12.1 Å². The molecule has 1 aromatic carbocycles. The third kappa shape index (κ3) is 3.43. The fourth-order valence-electron chi connectivity index (χ4n) is 1.76. The van der Waals surface area contributed by atoms with Crippen molar-refractivity contribution < 1.29 is 9.21 Å². The van der Waals surface area contributed by atoms with Crippen LogP contribution in [0.2, 0.25) is 0 Å². The summed E-state index contributed by atoms with van der Waals surface area (Å²) in [7, 11) is 0. The summed E-state index contributed by atoms with van der Waals surface area (Å²) in [4.78, 5) is 12.9. The van der Waals surface area contributed by atoms with E-state index in [1.165, 1.54) is 12.5 Å². The number of carbonyl (C=O) groups excluding carboxylic acids is 1. The lowest BCUT2D eigenvalue weighted by Crippen LogP contribution is -2.07. The first kappa shape index (κ1) is 13.3. The number of thiophene rings is 1. The molecule has 2 aromatic heterocycles. The highest BCUT2D eigenvalue weighted by atomic mass is 32.1. The second kappa shape index (κ2) is 6.15. The van der Waals surface area contributed by atoms with Gasteiger partial charge in [0.05, 0.1) is 0 Å². The van der Waals surface area contributed by atoms with Gasteiger partial charge in [0.25, 0.3) is 0 Å². The van der Waals surface area contributed by atoms with Gasteiger partial charge in [0, 0.05) is 22.2 Å². The van der Waals surface area contributed by atoms with Crippen molar-refractivity contribution in [2.45, 2.75) is 0 Å². The maximum atomic E-state index is 11.9. The predicted octanol–water partition coefficient (Wildman–Crippen LogP) is 3.45. The smallest absolute Gasteiger partial charge is 0.248 e. The van der Waals surface area contributed by atoms with Crippen LogP contribution in [0.15, 0.2) is 58.7 Å². The van der Waals surface area contributed by atoms with E-state index in [4.69, 9.17) is 4.42 Å². The molecule has 104 valence electrons. The van der Waals surface area contributed by atoms with Crippen molar-refractivity contribution in [3.63, 3.8) is 0 Å². The predicted molar refractivity (Wildman–Crippen MR) is 81.7 cm³/mol. The summed E-state index contributed by atoms with van der Waals surface area (Å²) in [5, 5.41) is 12.2. The Kier molecular flexibility index (Phi) is 3.88. The van der Waals surface area contributed by atoms with Crippen molar-refractivity contribution in [3.05, 3.63) is 59.1 Å². The summed E-state index contributed by atoms with van der Waals surface area (Å²) in [5.41, 5.74) is 1.43. The number of aromatic nitrogens is 2. The standard InChI is InChI=1S/C15H11N3O2S/c19-14(7-6-13-5-2-8-21-13)17-12-4-1-3-11(9-12)15-18-16-10-20-15/h1-10H,(H,17,19)/b7-6+. The number of carbonyl (C=O) groups is 1. The van der Waals surface area contributed by atoms with Gasteiger partial charge < -0.3 is 9.73 Å². The maximum absolute atomic E-state index is 11.9. The molecule has 0 saturated carbocycles. The van der Waals surface area contributed by atoms with Crippen LogP contribution in [0.1, 0.15) is 4.88 Å². The van der Waals surface area contributed by atoms with Crippen molar-refractivity contribution >= 4 is 29.0 Å². The molecule has 1 amide bonds. The largest absolute Gasteiger partial charge is 0.423 e. The molecular formula is C15H11N3O2S. The summed E-state index contributed by atoms with van der Waals surface area (Å²) >= 11 is 1.58. The highest BCUT2D eigenvalue weighted by molar-refractivity contribution is 7.10. The summed E-state index contributed by atoms with van der Waals surface area (Å²) in [6.45, 7) is 0. The third-order valence-electron chi connectivity index (χ3n) is 2.68. The molecule has 21 heavy (non-hydrogen) atoms. The topological polar surface area (TPSA) is 68.0 Å². The number of hydrogen-bond donors (Lipinski definition) is 1. The summed E-state index contributed by atoms with van der Waals surface area (Å²) in [6.07, 6.45) is 4.55. The van der Waals surface area contributed by atoms with Crippen LogP contribution in [0.5, 0.6) is 0 Å². The lowest BCUT2D eigenvalue weighted by atomic mass is 10.2. The highest BCUT2D eigenvalue weighted by Gasteiger charge is 2.05. The van der Waals surface area contributed by atoms with Crippen LogP contribution < -0.4 is 5.32 Å². The Labute approximate surface area is 125 Å². The Morgan fingerprint density at radius 1 is 1.29 bits per heavy atom. The van der Waals surface area contributed by atoms with E-state index in [-0.39, 0.29) is 5.91 Å². The molecule has 1 N–H and O–H groups in total. The minimum absolute atomic E-state index is 0.189. The van der Waals surface area contributed by atoms with E-state index in [2.05, 4.69) is 15.5 Å². The molecule has 3 aromatic rings. The molecule has 0 bridgehead atoms. The molecule has 0 unspecified atom stereocenters. The Morgan fingerprint density at radius 3 is 3.00 bits per heavy atom. The van der Waals surface area contributed by atoms with E-state index in [1.54, 1.807) is 29.5 Å². The molecule has 0 fully saturated rings. The third-order valence-corrected chi connectivity index (χ3v) is 3.52. The van der Waals surface area contributed by atoms with E-state index in [0.29, 0.717) is 11.6 Å². The van der Waals surface area contributed by atoms with Crippen LogP contribution in [0.3, 0.4) is 0 Å². The Balaban J connectivity index is 1.70. The molecule has 0 saturated heterocycles. The zero-order valence-electron chi connectivity index (χ0n) is 10.9. The Hall–Kier alpha value is -2.73. The Morgan fingerprint density at radius 2 is 2.24 bits per heavy atom. The van der Waals surface area contributed by atoms with Gasteiger partial charge in [-0.2, -0.15) is 0 Å². The lowest BCUT2D eigenvalue weighted by molar-refractivity contribution is -0.111. The number of nitrogens with zero attached hydrogens (tertiary/aromatic N) is 2. The van der Waals surface area contributed by atoms with Crippen LogP contribution in [-0.2, 0) is 4.79 Å². The Bertz CT molecular complexity index is 749. The van der Waals surface area contributed by atoms with Gasteiger partial charge in [0.1, 0.15) is 0 Å². The molecule has 0 aliphatic heterocycles. The van der Waals surface area contributed by atoms with Crippen LogP contribution in [0.25, 0.3) is 17.5 Å². The fraction of sp³-hybridized carbons (Fsp3) is 0. The van der Waals surface area contributed by atoms with Gasteiger partial charge in [-0.25, -0.2) is 0 Å². The minimum Gasteiger partial charge on any atom is -0.423 e. The first-order valence-electron chi connectivity index (χ1n) is 6.20. The summed E-state index contributed by atoms with van der Waals surface area (Å²) < 4.78 is 5.13. The molecule has 0 radical (unpaired) electrons. The first-order chi connectivity index (χ1) is 10.3. The molecule has 0 atom stereocenters. The molecule has 2 heterocycles. The number of amides is 1. The molecule has 3 rings (SSSR count). The monoisotopic (exact) mass is 297 g/mol. The van der Waals surface area contributed by atoms with Crippen molar-refractivity contribution in [3.8, 4) is 11.5 Å². The average molecular weight is 297 g/mol. The number of rotatable bonds is 4. The van der Waals surface area contributed by atoms with Crippen LogP contribution in [-0.4, -0.2) is 16.1 Å². The van der Waals surface area contributed by atoms with Gasteiger partial charge >= 0.3 is 0 Å². The maximum Gasteiger partial charge on any atom is 0.248 e. The van der Waals surface area contributed by atoms with Gasteiger partial charge in [0.2, 0.25) is 18.2 Å². The van der Waals surface area contributed by atoms with Gasteiger partial charge in [-0.3, -0.25) is 4.79 Å². The quantitative estimate of drug-likeness (QED) is 0.749. The molecule has 0 aliphatic carbocycles. The first-order valence-corrected chi connectivity index (χ1v) is 7.08. The highest BCUT2D eigenvalue weighted by Crippen LogP contribution is 2.20. The second-order valence-electron chi connectivity index (χ2n) is 4.16. The number of nitrogens with one attached hydrogen (secondary N) is 1. The van der Waals surface area contributed by atoms with Gasteiger partial charge in [-0.05, 0) is 35.7 Å². The van der Waals surface area contributed by atoms with Crippen LogP contribution >= 0.6 is 11.3 Å². The van der Waals surface area contributed by atoms with Crippen molar-refractivity contribution in [1.82, 2.24) is 10.2 Å². The van der Waals surface area contributed by atoms with E-state index in [9.17, 15) is 4.79 Å². The molecule has 0 spiro atoms. The lowest BCUT2D eigenvalue weighted by Gasteiger charge is -2.03. The molecular weight excluding hydrogens is 286 g/mol. The van der Waals surface area contributed by atoms with Crippen LogP contribution in [0, 0.1) is 0 Å². The van der Waals surface area contributed by atoms with Crippen molar-refractivity contribution in [2.75, 3.05) is 5.32 Å². The van der Waals surface area contributed by atoms with Crippen LogP contribution in [0.4, 0.5) is 5.69 Å².